The number of carbonyl (C=O) groups excluding carboxylic acids is 1. The predicted octanol–water partition coefficient (Wildman–Crippen LogP) is 4.53. The van der Waals surface area contributed by atoms with Crippen molar-refractivity contribution in [3.8, 4) is 0 Å². The standard InChI is InChI=1S/C15H11Cl2FO2/c16-11-6-12(15(17)13(18)7-11)14(19)9-20-8-10-4-2-1-3-5-10/h1-7H,8-9H2. The number of rotatable bonds is 5. The van der Waals surface area contributed by atoms with Gasteiger partial charge in [0, 0.05) is 10.6 Å². The van der Waals surface area contributed by atoms with Gasteiger partial charge >= 0.3 is 0 Å². The SMILES string of the molecule is O=C(COCc1ccccc1)c1cc(Cl)cc(F)c1Cl. The van der Waals surface area contributed by atoms with Crippen LogP contribution in [0.3, 0.4) is 0 Å². The summed E-state index contributed by atoms with van der Waals surface area (Å²) < 4.78 is 18.7. The monoisotopic (exact) mass is 312 g/mol. The highest BCUT2D eigenvalue weighted by Gasteiger charge is 2.15. The van der Waals surface area contributed by atoms with Crippen molar-refractivity contribution in [3.05, 3.63) is 69.5 Å². The van der Waals surface area contributed by atoms with Crippen LogP contribution < -0.4 is 0 Å². The third-order valence-corrected chi connectivity index (χ3v) is 3.24. The van der Waals surface area contributed by atoms with E-state index in [4.69, 9.17) is 27.9 Å². The molecular formula is C15H11Cl2FO2. The molecule has 104 valence electrons. The number of Topliss-reactive ketones (excluding diaryl/α,β-unsaturated/α-hetero) is 1. The molecular weight excluding hydrogens is 302 g/mol. The molecule has 0 aliphatic carbocycles. The summed E-state index contributed by atoms with van der Waals surface area (Å²) in [6, 6.07) is 11.8. The first-order chi connectivity index (χ1) is 9.58. The number of halogens is 3. The first-order valence-corrected chi connectivity index (χ1v) is 6.63. The van der Waals surface area contributed by atoms with Crippen molar-refractivity contribution < 1.29 is 13.9 Å². The van der Waals surface area contributed by atoms with Gasteiger partial charge in [-0.3, -0.25) is 4.79 Å². The number of hydrogen-bond donors (Lipinski definition) is 0. The second-order valence-corrected chi connectivity index (χ2v) is 4.97. The summed E-state index contributed by atoms with van der Waals surface area (Å²) >= 11 is 11.5. The van der Waals surface area contributed by atoms with Gasteiger partial charge in [-0.25, -0.2) is 4.39 Å². The van der Waals surface area contributed by atoms with Crippen LogP contribution in [0.4, 0.5) is 4.39 Å². The molecule has 5 heteroatoms. The highest BCUT2D eigenvalue weighted by Crippen LogP contribution is 2.25. The molecule has 0 saturated heterocycles. The van der Waals surface area contributed by atoms with E-state index in [1.807, 2.05) is 30.3 Å². The zero-order valence-corrected chi connectivity index (χ0v) is 11.9. The molecule has 0 bridgehead atoms. The van der Waals surface area contributed by atoms with E-state index in [0.29, 0.717) is 6.61 Å². The van der Waals surface area contributed by atoms with Gasteiger partial charge in [0.1, 0.15) is 12.4 Å². The lowest BCUT2D eigenvalue weighted by Crippen LogP contribution is -2.10. The fourth-order valence-electron chi connectivity index (χ4n) is 1.67. The van der Waals surface area contributed by atoms with E-state index in [1.165, 1.54) is 6.07 Å². The molecule has 0 amide bonds. The van der Waals surface area contributed by atoms with Crippen LogP contribution in [0.15, 0.2) is 42.5 Å². The summed E-state index contributed by atoms with van der Waals surface area (Å²) in [5, 5.41) is -0.110. The normalized spacial score (nSPS) is 10.6. The molecule has 0 unspecified atom stereocenters. The molecule has 2 rings (SSSR count). The molecule has 0 radical (unpaired) electrons. The van der Waals surface area contributed by atoms with Crippen molar-refractivity contribution in [1.82, 2.24) is 0 Å². The molecule has 0 atom stereocenters. The van der Waals surface area contributed by atoms with Gasteiger partial charge in [0.25, 0.3) is 0 Å². The van der Waals surface area contributed by atoms with Gasteiger partial charge in [0.2, 0.25) is 0 Å². The van der Waals surface area contributed by atoms with E-state index in [2.05, 4.69) is 0 Å². The molecule has 0 aromatic heterocycles. The van der Waals surface area contributed by atoms with Gasteiger partial charge in [-0.15, -0.1) is 0 Å². The van der Waals surface area contributed by atoms with Gasteiger partial charge in [0.05, 0.1) is 11.6 Å². The molecule has 2 nitrogen and oxygen atoms in total. The van der Waals surface area contributed by atoms with Gasteiger partial charge in [-0.05, 0) is 17.7 Å². The van der Waals surface area contributed by atoms with Gasteiger partial charge in [0.15, 0.2) is 5.78 Å². The molecule has 0 aliphatic rings. The van der Waals surface area contributed by atoms with Crippen LogP contribution in [0.5, 0.6) is 0 Å². The van der Waals surface area contributed by atoms with Crippen LogP contribution in [0, 0.1) is 5.82 Å². The van der Waals surface area contributed by atoms with Crippen LogP contribution >= 0.6 is 23.2 Å². The van der Waals surface area contributed by atoms with Crippen LogP contribution in [0.1, 0.15) is 15.9 Å². The molecule has 20 heavy (non-hydrogen) atoms. The van der Waals surface area contributed by atoms with Gasteiger partial charge in [-0.2, -0.15) is 0 Å². The largest absolute Gasteiger partial charge is 0.369 e. The number of carbonyl (C=O) groups is 1. The molecule has 2 aromatic rings. The predicted molar refractivity (Wildman–Crippen MR) is 76.8 cm³/mol. The lowest BCUT2D eigenvalue weighted by atomic mass is 10.1. The second kappa shape index (κ2) is 6.84. The van der Waals surface area contributed by atoms with Crippen molar-refractivity contribution in [2.24, 2.45) is 0 Å². The fourth-order valence-corrected chi connectivity index (χ4v) is 2.09. The highest BCUT2D eigenvalue weighted by atomic mass is 35.5. The highest BCUT2D eigenvalue weighted by molar-refractivity contribution is 6.36. The third-order valence-electron chi connectivity index (χ3n) is 2.64. The molecule has 0 spiro atoms. The fraction of sp³-hybridized carbons (Fsp3) is 0.133. The summed E-state index contributed by atoms with van der Waals surface area (Å²) in [4.78, 5) is 11.9. The van der Waals surface area contributed by atoms with Crippen LogP contribution in [-0.2, 0) is 11.3 Å². The summed E-state index contributed by atoms with van der Waals surface area (Å²) in [5.74, 6) is -1.13. The molecule has 0 saturated carbocycles. The maximum atomic E-state index is 13.4. The molecule has 0 heterocycles. The number of hydrogen-bond acceptors (Lipinski definition) is 2. The van der Waals surface area contributed by atoms with E-state index in [9.17, 15) is 9.18 Å². The number of ketones is 1. The summed E-state index contributed by atoms with van der Waals surface area (Å²) in [5.41, 5.74) is 0.980. The zero-order valence-electron chi connectivity index (χ0n) is 10.4. The third kappa shape index (κ3) is 3.79. The van der Waals surface area contributed by atoms with Crippen molar-refractivity contribution in [2.45, 2.75) is 6.61 Å². The Morgan fingerprint density at radius 1 is 1.15 bits per heavy atom. The van der Waals surface area contributed by atoms with E-state index >= 15 is 0 Å². The minimum absolute atomic E-state index is 0.0322. The van der Waals surface area contributed by atoms with Gasteiger partial charge in [-0.1, -0.05) is 53.5 Å². The Bertz CT molecular complexity index is 615. The zero-order chi connectivity index (χ0) is 14.5. The van der Waals surface area contributed by atoms with Crippen molar-refractivity contribution >= 4 is 29.0 Å². The Morgan fingerprint density at radius 2 is 1.85 bits per heavy atom. The Kier molecular flexibility index (Phi) is 5.12. The Labute approximate surface area is 126 Å². The number of benzene rings is 2. The van der Waals surface area contributed by atoms with Crippen LogP contribution in [0.2, 0.25) is 10.0 Å². The van der Waals surface area contributed by atoms with E-state index in [1.54, 1.807) is 0 Å². The smallest absolute Gasteiger partial charge is 0.190 e. The topological polar surface area (TPSA) is 26.3 Å². The van der Waals surface area contributed by atoms with Crippen LogP contribution in [0.25, 0.3) is 0 Å². The van der Waals surface area contributed by atoms with Crippen molar-refractivity contribution in [3.63, 3.8) is 0 Å². The maximum absolute atomic E-state index is 13.4. The summed E-state index contributed by atoms with van der Waals surface area (Å²) in [6.07, 6.45) is 0. The molecule has 0 fully saturated rings. The minimum Gasteiger partial charge on any atom is -0.369 e. The lowest BCUT2D eigenvalue weighted by Gasteiger charge is -2.07. The van der Waals surface area contributed by atoms with Gasteiger partial charge < -0.3 is 4.74 Å². The van der Waals surface area contributed by atoms with E-state index in [0.717, 1.165) is 11.6 Å². The van der Waals surface area contributed by atoms with E-state index in [-0.39, 0.29) is 22.2 Å². The molecule has 0 aliphatic heterocycles. The first kappa shape index (κ1) is 15.0. The maximum Gasteiger partial charge on any atom is 0.190 e. The second-order valence-electron chi connectivity index (χ2n) is 4.15. The molecule has 2 aromatic carbocycles. The average molecular weight is 313 g/mol. The summed E-state index contributed by atoms with van der Waals surface area (Å²) in [7, 11) is 0. The first-order valence-electron chi connectivity index (χ1n) is 5.87. The lowest BCUT2D eigenvalue weighted by molar-refractivity contribution is 0.0726. The van der Waals surface area contributed by atoms with Crippen molar-refractivity contribution in [1.29, 1.82) is 0 Å². The Balaban J connectivity index is 1.99. The average Bonchev–Trinajstić information content (AvgIpc) is 2.44. The quantitative estimate of drug-likeness (QED) is 0.599. The van der Waals surface area contributed by atoms with Crippen molar-refractivity contribution in [2.75, 3.05) is 6.61 Å². The van der Waals surface area contributed by atoms with Crippen LogP contribution in [-0.4, -0.2) is 12.4 Å². The summed E-state index contributed by atoms with van der Waals surface area (Å²) in [6.45, 7) is 0.113. The molecule has 0 N–H and O–H groups in total. The number of ether oxygens (including phenoxy) is 1. The Hall–Kier alpha value is -1.42. The minimum atomic E-state index is -0.717. The van der Waals surface area contributed by atoms with E-state index < -0.39 is 11.6 Å². The Morgan fingerprint density at radius 3 is 2.55 bits per heavy atom.